The van der Waals surface area contributed by atoms with E-state index in [-0.39, 0.29) is 18.0 Å². The van der Waals surface area contributed by atoms with Crippen molar-refractivity contribution in [3.8, 4) is 5.75 Å². The molecule has 3 aromatic rings. The normalized spacial score (nSPS) is 14.4. The molecule has 0 bridgehead atoms. The van der Waals surface area contributed by atoms with Gasteiger partial charge < -0.3 is 9.64 Å². The van der Waals surface area contributed by atoms with Gasteiger partial charge in [-0.3, -0.25) is 0 Å². The van der Waals surface area contributed by atoms with E-state index in [0.29, 0.717) is 11.3 Å². The number of methoxy groups -OCH3 is 1. The molecule has 0 aliphatic carbocycles. The SMILES string of the molecule is COc1ccc(Cn2nc3nc(N4CCCC4)ccn3c2=O)cc1F. The van der Waals surface area contributed by atoms with E-state index in [0.717, 1.165) is 31.7 Å². The van der Waals surface area contributed by atoms with Gasteiger partial charge in [-0.25, -0.2) is 18.3 Å². The van der Waals surface area contributed by atoms with Crippen LogP contribution in [0.3, 0.4) is 0 Å². The van der Waals surface area contributed by atoms with Gasteiger partial charge in [-0.15, -0.1) is 5.10 Å². The number of nitrogens with zero attached hydrogens (tertiary/aromatic N) is 5. The van der Waals surface area contributed by atoms with E-state index in [9.17, 15) is 9.18 Å². The highest BCUT2D eigenvalue weighted by molar-refractivity contribution is 5.44. The van der Waals surface area contributed by atoms with Gasteiger partial charge in [0.1, 0.15) is 5.82 Å². The first kappa shape index (κ1) is 15.6. The summed E-state index contributed by atoms with van der Waals surface area (Å²) >= 11 is 0. The average molecular weight is 343 g/mol. The third-order valence-corrected chi connectivity index (χ3v) is 4.42. The number of aromatic nitrogens is 4. The third kappa shape index (κ3) is 2.84. The van der Waals surface area contributed by atoms with Crippen LogP contribution in [0.25, 0.3) is 5.78 Å². The summed E-state index contributed by atoms with van der Waals surface area (Å²) in [6.45, 7) is 2.11. The molecule has 7 nitrogen and oxygen atoms in total. The second-order valence-electron chi connectivity index (χ2n) is 6.06. The van der Waals surface area contributed by atoms with Crippen LogP contribution in [0.2, 0.25) is 0 Å². The number of hydrogen-bond acceptors (Lipinski definition) is 5. The Kier molecular flexibility index (Phi) is 3.87. The maximum atomic E-state index is 13.8. The van der Waals surface area contributed by atoms with Crippen LogP contribution in [-0.2, 0) is 6.54 Å². The van der Waals surface area contributed by atoms with Gasteiger partial charge in [0.05, 0.1) is 13.7 Å². The summed E-state index contributed by atoms with van der Waals surface area (Å²) in [4.78, 5) is 19.1. The van der Waals surface area contributed by atoms with Gasteiger partial charge in [-0.05, 0) is 36.6 Å². The molecule has 1 aliphatic heterocycles. The summed E-state index contributed by atoms with van der Waals surface area (Å²) in [6.07, 6.45) is 3.99. The highest BCUT2D eigenvalue weighted by Gasteiger charge is 2.16. The first-order chi connectivity index (χ1) is 12.2. The number of rotatable bonds is 4. The minimum Gasteiger partial charge on any atom is -0.494 e. The smallest absolute Gasteiger partial charge is 0.351 e. The molecule has 1 aliphatic rings. The lowest BCUT2D eigenvalue weighted by Crippen LogP contribution is -2.22. The molecule has 0 N–H and O–H groups in total. The van der Waals surface area contributed by atoms with E-state index in [1.54, 1.807) is 12.3 Å². The maximum absolute atomic E-state index is 13.8. The molecule has 0 amide bonds. The lowest BCUT2D eigenvalue weighted by molar-refractivity contribution is 0.386. The molecule has 0 spiro atoms. The fourth-order valence-electron chi connectivity index (χ4n) is 3.10. The number of hydrogen-bond donors (Lipinski definition) is 0. The van der Waals surface area contributed by atoms with Crippen LogP contribution in [0.4, 0.5) is 10.2 Å². The monoisotopic (exact) mass is 343 g/mol. The molecule has 130 valence electrons. The number of ether oxygens (including phenoxy) is 1. The Bertz CT molecular complexity index is 975. The van der Waals surface area contributed by atoms with Crippen LogP contribution in [-0.4, -0.2) is 39.4 Å². The fourth-order valence-corrected chi connectivity index (χ4v) is 3.10. The summed E-state index contributed by atoms with van der Waals surface area (Å²) in [5, 5.41) is 4.29. The molecule has 1 aromatic carbocycles. The molecule has 1 saturated heterocycles. The number of anilines is 1. The summed E-state index contributed by atoms with van der Waals surface area (Å²) < 4.78 is 21.4. The summed E-state index contributed by atoms with van der Waals surface area (Å²) in [5.74, 6) is 0.885. The molecular weight excluding hydrogens is 325 g/mol. The molecule has 0 atom stereocenters. The van der Waals surface area contributed by atoms with Crippen LogP contribution in [0.15, 0.2) is 35.3 Å². The van der Waals surface area contributed by atoms with Crippen LogP contribution in [0.1, 0.15) is 18.4 Å². The van der Waals surface area contributed by atoms with Gasteiger partial charge in [-0.1, -0.05) is 6.07 Å². The van der Waals surface area contributed by atoms with Crippen molar-refractivity contribution in [3.63, 3.8) is 0 Å². The molecule has 0 unspecified atom stereocenters. The molecule has 4 rings (SSSR count). The molecule has 0 radical (unpaired) electrons. The van der Waals surface area contributed by atoms with Crippen molar-refractivity contribution in [1.29, 1.82) is 0 Å². The van der Waals surface area contributed by atoms with E-state index < -0.39 is 5.82 Å². The van der Waals surface area contributed by atoms with Crippen LogP contribution >= 0.6 is 0 Å². The van der Waals surface area contributed by atoms with Crippen molar-refractivity contribution in [2.75, 3.05) is 25.1 Å². The first-order valence-corrected chi connectivity index (χ1v) is 8.19. The second-order valence-corrected chi connectivity index (χ2v) is 6.06. The highest BCUT2D eigenvalue weighted by Crippen LogP contribution is 2.19. The van der Waals surface area contributed by atoms with Gasteiger partial charge >= 0.3 is 5.69 Å². The van der Waals surface area contributed by atoms with Crippen molar-refractivity contribution in [3.05, 3.63) is 52.3 Å². The zero-order valence-corrected chi connectivity index (χ0v) is 13.9. The maximum Gasteiger partial charge on any atom is 0.351 e. The molecule has 0 saturated carbocycles. The standard InChI is InChI=1S/C17H18FN5O2/c1-25-14-5-4-12(10-13(14)18)11-23-17(24)22-9-6-15(19-16(22)20-23)21-7-2-3-8-21/h4-6,9-10H,2-3,7-8,11H2,1H3. The van der Waals surface area contributed by atoms with E-state index in [2.05, 4.69) is 15.0 Å². The van der Waals surface area contributed by atoms with Crippen LogP contribution in [0, 0.1) is 5.82 Å². The Hall–Kier alpha value is -2.90. The third-order valence-electron chi connectivity index (χ3n) is 4.42. The Morgan fingerprint density at radius 1 is 1.24 bits per heavy atom. The zero-order valence-electron chi connectivity index (χ0n) is 13.9. The Labute approximate surface area is 143 Å². The predicted octanol–water partition coefficient (Wildman–Crippen LogP) is 1.69. The zero-order chi connectivity index (χ0) is 17.4. The predicted molar refractivity (Wildman–Crippen MR) is 90.7 cm³/mol. The highest BCUT2D eigenvalue weighted by atomic mass is 19.1. The van der Waals surface area contributed by atoms with Crippen molar-refractivity contribution in [1.82, 2.24) is 19.2 Å². The summed E-state index contributed by atoms with van der Waals surface area (Å²) in [5.41, 5.74) is 0.329. The molecule has 3 heterocycles. The van der Waals surface area contributed by atoms with Crippen LogP contribution < -0.4 is 15.3 Å². The molecular formula is C17H18FN5O2. The van der Waals surface area contributed by atoms with Crippen molar-refractivity contribution in [2.45, 2.75) is 19.4 Å². The average Bonchev–Trinajstić information content (AvgIpc) is 3.24. The lowest BCUT2D eigenvalue weighted by Gasteiger charge is -2.15. The van der Waals surface area contributed by atoms with Crippen molar-refractivity contribution in [2.24, 2.45) is 0 Å². The minimum atomic E-state index is -0.466. The Morgan fingerprint density at radius 3 is 2.76 bits per heavy atom. The molecule has 2 aromatic heterocycles. The van der Waals surface area contributed by atoms with Crippen molar-refractivity contribution >= 4 is 11.6 Å². The minimum absolute atomic E-state index is 0.169. The van der Waals surface area contributed by atoms with E-state index in [1.807, 2.05) is 6.07 Å². The largest absolute Gasteiger partial charge is 0.494 e. The number of halogens is 1. The van der Waals surface area contributed by atoms with Crippen LogP contribution in [0.5, 0.6) is 5.75 Å². The van der Waals surface area contributed by atoms with Crippen molar-refractivity contribution < 1.29 is 9.13 Å². The van der Waals surface area contributed by atoms with Gasteiger partial charge in [0, 0.05) is 19.3 Å². The van der Waals surface area contributed by atoms with E-state index >= 15 is 0 Å². The van der Waals surface area contributed by atoms with E-state index in [1.165, 1.54) is 28.3 Å². The topological polar surface area (TPSA) is 64.7 Å². The Morgan fingerprint density at radius 2 is 2.04 bits per heavy atom. The molecule has 25 heavy (non-hydrogen) atoms. The van der Waals surface area contributed by atoms with Gasteiger partial charge in [0.25, 0.3) is 5.78 Å². The van der Waals surface area contributed by atoms with Gasteiger partial charge in [0.2, 0.25) is 0 Å². The first-order valence-electron chi connectivity index (χ1n) is 8.19. The Balaban J connectivity index is 1.66. The quantitative estimate of drug-likeness (QED) is 0.721. The second kappa shape index (κ2) is 6.19. The number of fused-ring (bicyclic) bond motifs is 1. The number of benzene rings is 1. The molecule has 8 heteroatoms. The van der Waals surface area contributed by atoms with Gasteiger partial charge in [-0.2, -0.15) is 4.98 Å². The molecule has 1 fully saturated rings. The summed E-state index contributed by atoms with van der Waals surface area (Å²) in [6, 6.07) is 6.42. The fraction of sp³-hybridized carbons (Fsp3) is 0.353. The summed E-state index contributed by atoms with van der Waals surface area (Å²) in [7, 11) is 1.41. The van der Waals surface area contributed by atoms with Gasteiger partial charge in [0.15, 0.2) is 11.6 Å². The lowest BCUT2D eigenvalue weighted by atomic mass is 10.2. The van der Waals surface area contributed by atoms with E-state index in [4.69, 9.17) is 4.74 Å².